The second-order valence-corrected chi connectivity index (χ2v) is 6.26. The number of aromatic nitrogens is 1. The van der Waals surface area contributed by atoms with Crippen molar-refractivity contribution in [2.24, 2.45) is 5.73 Å². The fourth-order valence-corrected chi connectivity index (χ4v) is 3.07. The van der Waals surface area contributed by atoms with E-state index in [-0.39, 0.29) is 5.91 Å². The van der Waals surface area contributed by atoms with Gasteiger partial charge in [0.05, 0.1) is 6.04 Å². The molecule has 2 heterocycles. The highest BCUT2D eigenvalue weighted by atomic mass is 16.2. The highest BCUT2D eigenvalue weighted by Gasteiger charge is 2.25. The predicted molar refractivity (Wildman–Crippen MR) is 94.2 cm³/mol. The molecule has 126 valence electrons. The Labute approximate surface area is 143 Å². The van der Waals surface area contributed by atoms with E-state index in [1.165, 1.54) is 5.56 Å². The lowest BCUT2D eigenvalue weighted by molar-refractivity contribution is -0.134. The van der Waals surface area contributed by atoms with E-state index in [2.05, 4.69) is 16.0 Å². The minimum atomic E-state index is -0.461. The molecule has 5 heteroatoms. The first-order valence-electron chi connectivity index (χ1n) is 8.42. The predicted octanol–water partition coefficient (Wildman–Crippen LogP) is 1.30. The normalized spacial score (nSPS) is 16.8. The molecular formula is C19H24N4O. The molecule has 0 radical (unpaired) electrons. The molecule has 0 unspecified atom stereocenters. The van der Waals surface area contributed by atoms with Crippen molar-refractivity contribution in [3.05, 3.63) is 66.0 Å². The first-order chi connectivity index (χ1) is 11.7. The van der Waals surface area contributed by atoms with Crippen LogP contribution in [0.3, 0.4) is 0 Å². The molecule has 5 nitrogen and oxygen atoms in total. The van der Waals surface area contributed by atoms with Gasteiger partial charge in [0.25, 0.3) is 0 Å². The lowest BCUT2D eigenvalue weighted by atomic mass is 10.1. The number of nitrogens with zero attached hydrogens (tertiary/aromatic N) is 3. The van der Waals surface area contributed by atoms with Gasteiger partial charge in [-0.2, -0.15) is 0 Å². The van der Waals surface area contributed by atoms with E-state index in [9.17, 15) is 4.79 Å². The second-order valence-electron chi connectivity index (χ2n) is 6.26. The third kappa shape index (κ3) is 4.40. The van der Waals surface area contributed by atoms with Crippen molar-refractivity contribution in [3.63, 3.8) is 0 Å². The number of piperazine rings is 1. The maximum atomic E-state index is 12.5. The molecule has 0 saturated carbocycles. The Morgan fingerprint density at radius 2 is 1.75 bits per heavy atom. The third-order valence-electron chi connectivity index (χ3n) is 4.43. The number of pyridine rings is 1. The highest BCUT2D eigenvalue weighted by molar-refractivity contribution is 5.82. The van der Waals surface area contributed by atoms with Crippen LogP contribution < -0.4 is 5.73 Å². The Morgan fingerprint density at radius 3 is 2.42 bits per heavy atom. The molecule has 1 fully saturated rings. The van der Waals surface area contributed by atoms with Crippen molar-refractivity contribution in [2.75, 3.05) is 26.2 Å². The van der Waals surface area contributed by atoms with Crippen LogP contribution in [-0.4, -0.2) is 52.9 Å². The van der Waals surface area contributed by atoms with Crippen molar-refractivity contribution < 1.29 is 4.79 Å². The van der Waals surface area contributed by atoms with Crippen molar-refractivity contribution in [1.82, 2.24) is 14.8 Å². The van der Waals surface area contributed by atoms with Gasteiger partial charge in [-0.25, -0.2) is 0 Å². The number of amides is 1. The van der Waals surface area contributed by atoms with Crippen LogP contribution in [-0.2, 0) is 17.8 Å². The monoisotopic (exact) mass is 324 g/mol. The van der Waals surface area contributed by atoms with Gasteiger partial charge in [-0.3, -0.25) is 14.7 Å². The van der Waals surface area contributed by atoms with Crippen molar-refractivity contribution in [3.8, 4) is 0 Å². The Kier molecular flexibility index (Phi) is 5.56. The molecule has 1 aliphatic heterocycles. The fourth-order valence-electron chi connectivity index (χ4n) is 3.07. The SMILES string of the molecule is N[C@@H](Cc1ccccc1)C(=O)N1CCN(Cc2cccnc2)CC1. The number of rotatable bonds is 5. The molecule has 1 aromatic heterocycles. The van der Waals surface area contributed by atoms with E-state index in [0.29, 0.717) is 6.42 Å². The topological polar surface area (TPSA) is 62.5 Å². The second kappa shape index (κ2) is 8.04. The largest absolute Gasteiger partial charge is 0.339 e. The Hall–Kier alpha value is -2.24. The summed E-state index contributed by atoms with van der Waals surface area (Å²) >= 11 is 0. The summed E-state index contributed by atoms with van der Waals surface area (Å²) in [5.74, 6) is 0.0554. The van der Waals surface area contributed by atoms with Gasteiger partial charge >= 0.3 is 0 Å². The zero-order valence-corrected chi connectivity index (χ0v) is 13.8. The van der Waals surface area contributed by atoms with E-state index in [0.717, 1.165) is 38.3 Å². The van der Waals surface area contributed by atoms with E-state index in [1.807, 2.05) is 47.5 Å². The van der Waals surface area contributed by atoms with Crippen molar-refractivity contribution in [2.45, 2.75) is 19.0 Å². The van der Waals surface area contributed by atoms with Crippen LogP contribution in [0.2, 0.25) is 0 Å². The average Bonchev–Trinajstić information content (AvgIpc) is 2.63. The molecule has 1 saturated heterocycles. The van der Waals surface area contributed by atoms with Crippen LogP contribution >= 0.6 is 0 Å². The van der Waals surface area contributed by atoms with Gasteiger partial charge in [0.1, 0.15) is 0 Å². The third-order valence-corrected chi connectivity index (χ3v) is 4.43. The lowest BCUT2D eigenvalue weighted by Crippen LogP contribution is -2.53. The van der Waals surface area contributed by atoms with Gasteiger partial charge < -0.3 is 10.6 Å². The summed E-state index contributed by atoms with van der Waals surface area (Å²) in [7, 11) is 0. The number of benzene rings is 1. The zero-order valence-electron chi connectivity index (χ0n) is 13.8. The summed E-state index contributed by atoms with van der Waals surface area (Å²) in [6, 6.07) is 13.5. The number of nitrogens with two attached hydrogens (primary N) is 1. The Bertz CT molecular complexity index is 639. The molecule has 1 atom stereocenters. The summed E-state index contributed by atoms with van der Waals surface area (Å²) in [5, 5.41) is 0. The standard InChI is InChI=1S/C19H24N4O/c20-18(13-16-5-2-1-3-6-16)19(24)23-11-9-22(10-12-23)15-17-7-4-8-21-14-17/h1-8,14,18H,9-13,15,20H2/t18-/m0/s1. The minimum absolute atomic E-state index is 0.0554. The molecule has 3 rings (SSSR count). The molecule has 2 N–H and O–H groups in total. The van der Waals surface area contributed by atoms with Crippen LogP contribution in [0.4, 0.5) is 0 Å². The van der Waals surface area contributed by atoms with E-state index in [1.54, 1.807) is 6.20 Å². The van der Waals surface area contributed by atoms with Gasteiger partial charge in [-0.15, -0.1) is 0 Å². The zero-order chi connectivity index (χ0) is 16.8. The maximum Gasteiger partial charge on any atom is 0.239 e. The Balaban J connectivity index is 1.48. The average molecular weight is 324 g/mol. The maximum absolute atomic E-state index is 12.5. The van der Waals surface area contributed by atoms with Gasteiger partial charge in [-0.1, -0.05) is 36.4 Å². The van der Waals surface area contributed by atoms with Gasteiger partial charge in [0.15, 0.2) is 0 Å². The van der Waals surface area contributed by atoms with Crippen molar-refractivity contribution in [1.29, 1.82) is 0 Å². The molecule has 24 heavy (non-hydrogen) atoms. The van der Waals surface area contributed by atoms with Crippen LogP contribution in [0.1, 0.15) is 11.1 Å². The minimum Gasteiger partial charge on any atom is -0.339 e. The molecule has 0 aliphatic carbocycles. The molecular weight excluding hydrogens is 300 g/mol. The molecule has 0 spiro atoms. The van der Waals surface area contributed by atoms with E-state index < -0.39 is 6.04 Å². The number of hydrogen-bond acceptors (Lipinski definition) is 4. The lowest BCUT2D eigenvalue weighted by Gasteiger charge is -2.35. The summed E-state index contributed by atoms with van der Waals surface area (Å²) in [6.45, 7) is 4.10. The van der Waals surface area contributed by atoms with Crippen LogP contribution in [0.15, 0.2) is 54.9 Å². The van der Waals surface area contributed by atoms with Crippen LogP contribution in [0.25, 0.3) is 0 Å². The van der Waals surface area contributed by atoms with E-state index >= 15 is 0 Å². The molecule has 1 amide bonds. The van der Waals surface area contributed by atoms with E-state index in [4.69, 9.17) is 5.73 Å². The first-order valence-corrected chi connectivity index (χ1v) is 8.42. The number of carbonyl (C=O) groups is 1. The summed E-state index contributed by atoms with van der Waals surface area (Å²) < 4.78 is 0. The first kappa shape index (κ1) is 16.6. The van der Waals surface area contributed by atoms with Gasteiger partial charge in [-0.05, 0) is 23.6 Å². The summed E-state index contributed by atoms with van der Waals surface area (Å²) in [5.41, 5.74) is 8.44. The smallest absolute Gasteiger partial charge is 0.239 e. The van der Waals surface area contributed by atoms with Gasteiger partial charge in [0.2, 0.25) is 5.91 Å². The van der Waals surface area contributed by atoms with Crippen LogP contribution in [0, 0.1) is 0 Å². The quantitative estimate of drug-likeness (QED) is 0.900. The fraction of sp³-hybridized carbons (Fsp3) is 0.368. The van der Waals surface area contributed by atoms with Crippen molar-refractivity contribution >= 4 is 5.91 Å². The molecule has 1 aromatic carbocycles. The molecule has 1 aliphatic rings. The highest BCUT2D eigenvalue weighted by Crippen LogP contribution is 2.10. The summed E-state index contributed by atoms with van der Waals surface area (Å²) in [6.07, 6.45) is 4.27. The Morgan fingerprint density at radius 1 is 1.04 bits per heavy atom. The number of carbonyl (C=O) groups excluding carboxylic acids is 1. The van der Waals surface area contributed by atoms with Gasteiger partial charge in [0, 0.05) is 45.1 Å². The molecule has 0 bridgehead atoms. The van der Waals surface area contributed by atoms with Crippen LogP contribution in [0.5, 0.6) is 0 Å². The summed E-state index contributed by atoms with van der Waals surface area (Å²) in [4.78, 5) is 20.9. The molecule has 2 aromatic rings. The number of hydrogen-bond donors (Lipinski definition) is 1.